The van der Waals surface area contributed by atoms with Crippen LogP contribution in [0, 0.1) is 11.8 Å². The molecule has 0 N–H and O–H groups in total. The van der Waals surface area contributed by atoms with Crippen LogP contribution in [0.15, 0.2) is 6.33 Å². The van der Waals surface area contributed by atoms with Crippen molar-refractivity contribution in [2.24, 2.45) is 11.8 Å². The zero-order valence-electron chi connectivity index (χ0n) is 11.6. The molecule has 2 unspecified atom stereocenters. The lowest BCUT2D eigenvalue weighted by atomic mass is 9.97. The molecule has 0 bridgehead atoms. The Kier molecular flexibility index (Phi) is 4.15. The summed E-state index contributed by atoms with van der Waals surface area (Å²) in [7, 11) is 0. The van der Waals surface area contributed by atoms with E-state index in [1.54, 1.807) is 6.33 Å². The quantitative estimate of drug-likeness (QED) is 0.806. The van der Waals surface area contributed by atoms with Gasteiger partial charge in [0.25, 0.3) is 0 Å². The Morgan fingerprint density at radius 3 is 2.89 bits per heavy atom. The molecule has 0 saturated heterocycles. The van der Waals surface area contributed by atoms with Gasteiger partial charge in [-0.1, -0.05) is 13.3 Å². The van der Waals surface area contributed by atoms with Gasteiger partial charge in [-0.15, -0.1) is 0 Å². The summed E-state index contributed by atoms with van der Waals surface area (Å²) < 4.78 is 1.85. The van der Waals surface area contributed by atoms with Gasteiger partial charge in [-0.2, -0.15) is 5.10 Å². The smallest absolute Gasteiger partial charge is 0.143 e. The zero-order chi connectivity index (χ0) is 13.1. The monoisotopic (exact) mass is 249 g/mol. The number of carbonyl (C=O) groups is 1. The van der Waals surface area contributed by atoms with Crippen LogP contribution in [0.4, 0.5) is 0 Å². The molecule has 2 atom stereocenters. The molecule has 2 rings (SSSR count). The van der Waals surface area contributed by atoms with Crippen LogP contribution >= 0.6 is 0 Å². The van der Waals surface area contributed by atoms with Crippen LogP contribution in [0.2, 0.25) is 0 Å². The Labute approximate surface area is 109 Å². The van der Waals surface area contributed by atoms with Gasteiger partial charge in [0.1, 0.15) is 17.9 Å². The molecule has 1 aliphatic carbocycles. The van der Waals surface area contributed by atoms with Crippen molar-refractivity contribution in [2.45, 2.75) is 58.9 Å². The molecule has 0 radical (unpaired) electrons. The predicted octanol–water partition coefficient (Wildman–Crippen LogP) is 2.80. The van der Waals surface area contributed by atoms with E-state index >= 15 is 0 Å². The van der Waals surface area contributed by atoms with E-state index in [1.807, 2.05) is 4.68 Å². The molecule has 1 aromatic rings. The number of Topliss-reactive ketones (excluding diaryl/α,β-unsaturated/α-hetero) is 1. The molecular formula is C14H23N3O. The van der Waals surface area contributed by atoms with Crippen molar-refractivity contribution in [1.29, 1.82) is 0 Å². The average molecular weight is 249 g/mol. The van der Waals surface area contributed by atoms with E-state index in [0.717, 1.165) is 24.6 Å². The normalized spacial score (nSPS) is 23.8. The summed E-state index contributed by atoms with van der Waals surface area (Å²) in [5.41, 5.74) is 0. The molecule has 0 aliphatic heterocycles. The molecule has 4 nitrogen and oxygen atoms in total. The molecular weight excluding hydrogens is 226 g/mol. The number of rotatable bonds is 5. The number of aromatic nitrogens is 3. The Morgan fingerprint density at radius 2 is 2.28 bits per heavy atom. The highest BCUT2D eigenvalue weighted by Gasteiger charge is 2.29. The average Bonchev–Trinajstić information content (AvgIpc) is 2.96. The van der Waals surface area contributed by atoms with E-state index in [2.05, 4.69) is 30.9 Å². The summed E-state index contributed by atoms with van der Waals surface area (Å²) in [6.45, 7) is 6.34. The van der Waals surface area contributed by atoms with Crippen LogP contribution in [-0.2, 0) is 11.2 Å². The van der Waals surface area contributed by atoms with E-state index in [9.17, 15) is 4.79 Å². The second-order valence-electron chi connectivity index (χ2n) is 5.64. The van der Waals surface area contributed by atoms with Crippen molar-refractivity contribution in [2.75, 3.05) is 0 Å². The summed E-state index contributed by atoms with van der Waals surface area (Å²) in [4.78, 5) is 16.5. The van der Waals surface area contributed by atoms with Crippen LogP contribution in [0.25, 0.3) is 0 Å². The number of nitrogens with zero attached hydrogens (tertiary/aromatic N) is 3. The van der Waals surface area contributed by atoms with Gasteiger partial charge >= 0.3 is 0 Å². The lowest BCUT2D eigenvalue weighted by Crippen LogP contribution is -2.18. The lowest BCUT2D eigenvalue weighted by molar-refractivity contribution is -0.122. The van der Waals surface area contributed by atoms with Gasteiger partial charge in [0, 0.05) is 12.0 Å². The SMILES string of the molecule is CCC1CCC(C(=O)Cc2ncnn2C(C)C)C1. The first kappa shape index (κ1) is 13.2. The fraction of sp³-hybridized carbons (Fsp3) is 0.786. The standard InChI is InChI=1S/C14H23N3O/c1-4-11-5-6-12(7-11)13(18)8-14-15-9-16-17(14)10(2)3/h9-12H,4-8H2,1-3H3. The van der Waals surface area contributed by atoms with Gasteiger partial charge in [-0.25, -0.2) is 9.67 Å². The Hall–Kier alpha value is -1.19. The van der Waals surface area contributed by atoms with Crippen molar-refractivity contribution in [3.63, 3.8) is 0 Å². The topological polar surface area (TPSA) is 47.8 Å². The van der Waals surface area contributed by atoms with Crippen LogP contribution in [0.1, 0.15) is 58.3 Å². The van der Waals surface area contributed by atoms with Crippen molar-refractivity contribution in [3.8, 4) is 0 Å². The molecule has 1 aliphatic rings. The van der Waals surface area contributed by atoms with Gasteiger partial charge in [0.15, 0.2) is 0 Å². The minimum atomic E-state index is 0.257. The molecule has 1 saturated carbocycles. The Balaban J connectivity index is 1.97. The molecule has 1 fully saturated rings. The van der Waals surface area contributed by atoms with Crippen molar-refractivity contribution >= 4 is 5.78 Å². The van der Waals surface area contributed by atoms with Crippen LogP contribution < -0.4 is 0 Å². The van der Waals surface area contributed by atoms with Crippen molar-refractivity contribution < 1.29 is 4.79 Å². The third-order valence-electron chi connectivity index (χ3n) is 4.04. The minimum absolute atomic E-state index is 0.257. The third-order valence-corrected chi connectivity index (χ3v) is 4.04. The molecule has 18 heavy (non-hydrogen) atoms. The van der Waals surface area contributed by atoms with Gasteiger partial charge in [-0.3, -0.25) is 4.79 Å². The highest BCUT2D eigenvalue weighted by atomic mass is 16.1. The van der Waals surface area contributed by atoms with Gasteiger partial charge in [0.05, 0.1) is 6.42 Å². The molecule has 0 aromatic carbocycles. The summed E-state index contributed by atoms with van der Waals surface area (Å²) in [5, 5.41) is 4.18. The molecule has 1 aromatic heterocycles. The Bertz CT molecular complexity index is 411. The Morgan fingerprint density at radius 1 is 1.50 bits per heavy atom. The maximum Gasteiger partial charge on any atom is 0.143 e. The summed E-state index contributed by atoms with van der Waals surface area (Å²) >= 11 is 0. The number of ketones is 1. The van der Waals surface area contributed by atoms with Gasteiger partial charge in [0.2, 0.25) is 0 Å². The van der Waals surface area contributed by atoms with E-state index < -0.39 is 0 Å². The van der Waals surface area contributed by atoms with Crippen molar-refractivity contribution in [1.82, 2.24) is 14.8 Å². The number of hydrogen-bond donors (Lipinski definition) is 0. The van der Waals surface area contributed by atoms with E-state index in [4.69, 9.17) is 0 Å². The highest BCUT2D eigenvalue weighted by Crippen LogP contribution is 2.33. The van der Waals surface area contributed by atoms with Crippen LogP contribution in [0.5, 0.6) is 0 Å². The van der Waals surface area contributed by atoms with Gasteiger partial charge in [-0.05, 0) is 39.0 Å². The predicted molar refractivity (Wildman–Crippen MR) is 70.2 cm³/mol. The summed E-state index contributed by atoms with van der Waals surface area (Å²) in [6.07, 6.45) is 6.54. The maximum absolute atomic E-state index is 12.3. The second kappa shape index (κ2) is 5.63. The van der Waals surface area contributed by atoms with Crippen molar-refractivity contribution in [3.05, 3.63) is 12.2 Å². The molecule has 0 amide bonds. The molecule has 4 heteroatoms. The lowest BCUT2D eigenvalue weighted by Gasteiger charge is -2.11. The van der Waals surface area contributed by atoms with Gasteiger partial charge < -0.3 is 0 Å². The maximum atomic E-state index is 12.3. The van der Waals surface area contributed by atoms with Crippen LogP contribution in [-0.4, -0.2) is 20.5 Å². The summed E-state index contributed by atoms with van der Waals surface area (Å²) in [5.74, 6) is 2.17. The number of carbonyl (C=O) groups excluding carboxylic acids is 1. The first-order valence-corrected chi connectivity index (χ1v) is 7.02. The molecule has 1 heterocycles. The minimum Gasteiger partial charge on any atom is -0.299 e. The third kappa shape index (κ3) is 2.79. The second-order valence-corrected chi connectivity index (χ2v) is 5.64. The first-order chi connectivity index (χ1) is 8.61. The fourth-order valence-electron chi connectivity index (χ4n) is 2.87. The fourth-order valence-corrected chi connectivity index (χ4v) is 2.87. The highest BCUT2D eigenvalue weighted by molar-refractivity contribution is 5.82. The summed E-state index contributed by atoms with van der Waals surface area (Å²) in [6, 6.07) is 0.266. The zero-order valence-corrected chi connectivity index (χ0v) is 11.6. The van der Waals surface area contributed by atoms with E-state index in [0.29, 0.717) is 12.2 Å². The molecule has 0 spiro atoms. The first-order valence-electron chi connectivity index (χ1n) is 7.02. The van der Waals surface area contributed by atoms with E-state index in [-0.39, 0.29) is 12.0 Å². The van der Waals surface area contributed by atoms with E-state index in [1.165, 1.54) is 12.8 Å². The van der Waals surface area contributed by atoms with Crippen LogP contribution in [0.3, 0.4) is 0 Å². The largest absolute Gasteiger partial charge is 0.299 e. The number of hydrogen-bond acceptors (Lipinski definition) is 3. The molecule has 100 valence electrons.